The van der Waals surface area contributed by atoms with Gasteiger partial charge in [0.25, 0.3) is 0 Å². The molecule has 170 valence electrons. The Hall–Kier alpha value is -3.54. The number of likely N-dealkylation sites (N-methyl/N-ethyl adjacent to an activating group) is 1. The van der Waals surface area contributed by atoms with Gasteiger partial charge in [-0.25, -0.2) is 4.79 Å². The van der Waals surface area contributed by atoms with Crippen LogP contribution in [0.15, 0.2) is 29.4 Å². The van der Waals surface area contributed by atoms with Gasteiger partial charge in [0.2, 0.25) is 17.7 Å². The highest BCUT2D eigenvalue weighted by atomic mass is 16.5. The summed E-state index contributed by atoms with van der Waals surface area (Å²) in [6.07, 6.45) is -0.912. The van der Waals surface area contributed by atoms with E-state index < -0.39 is 36.0 Å². The standard InChI is InChI=1S/C19H28N6O6/c1-11(21-3)16(26)23-12(2)17(27)25-15(8-9-22-30)18(28)24-14-6-4-13(5-7-14)10-31-19(20)29/h4-7,11-12,15,21H,8-10H2,1-3H3,(H2,20,29)(H,23,26)(H,24,28)(H,25,27)/t11?,12-,15?/m0/s1. The van der Waals surface area contributed by atoms with Gasteiger partial charge in [0, 0.05) is 5.69 Å². The first-order valence-corrected chi connectivity index (χ1v) is 9.57. The van der Waals surface area contributed by atoms with Crippen molar-refractivity contribution >= 4 is 29.5 Å². The molecule has 2 unspecified atom stereocenters. The molecule has 0 aliphatic heterocycles. The van der Waals surface area contributed by atoms with Gasteiger partial charge in [-0.3, -0.25) is 14.4 Å². The van der Waals surface area contributed by atoms with Crippen LogP contribution < -0.4 is 27.0 Å². The van der Waals surface area contributed by atoms with Gasteiger partial charge >= 0.3 is 6.09 Å². The Balaban J connectivity index is 2.73. The molecule has 3 atom stereocenters. The summed E-state index contributed by atoms with van der Waals surface area (Å²) in [6.45, 7) is 2.93. The molecule has 4 amide bonds. The van der Waals surface area contributed by atoms with Crippen molar-refractivity contribution in [3.05, 3.63) is 34.7 Å². The predicted molar refractivity (Wildman–Crippen MR) is 113 cm³/mol. The van der Waals surface area contributed by atoms with E-state index in [1.807, 2.05) is 0 Å². The number of hydrogen-bond acceptors (Lipinski definition) is 8. The van der Waals surface area contributed by atoms with Gasteiger partial charge in [-0.1, -0.05) is 17.3 Å². The molecule has 0 bridgehead atoms. The molecular formula is C19H28N6O6. The number of nitroso groups, excluding NO2 is 1. The van der Waals surface area contributed by atoms with Crippen LogP contribution in [0, 0.1) is 4.91 Å². The molecule has 12 nitrogen and oxygen atoms in total. The lowest BCUT2D eigenvalue weighted by atomic mass is 10.1. The number of carbonyl (C=O) groups excluding carboxylic acids is 4. The third-order valence-corrected chi connectivity index (χ3v) is 4.32. The molecule has 1 aromatic rings. The molecule has 1 rings (SSSR count). The molecule has 0 saturated heterocycles. The van der Waals surface area contributed by atoms with Crippen LogP contribution in [0.3, 0.4) is 0 Å². The molecule has 0 saturated carbocycles. The van der Waals surface area contributed by atoms with Crippen molar-refractivity contribution in [2.45, 2.75) is 45.0 Å². The van der Waals surface area contributed by atoms with Crippen molar-refractivity contribution in [3.63, 3.8) is 0 Å². The lowest BCUT2D eigenvalue weighted by Crippen LogP contribution is -2.54. The summed E-state index contributed by atoms with van der Waals surface area (Å²) in [5.41, 5.74) is 6.00. The van der Waals surface area contributed by atoms with Crippen LogP contribution in [0.25, 0.3) is 0 Å². The van der Waals surface area contributed by atoms with E-state index in [0.717, 1.165) is 0 Å². The van der Waals surface area contributed by atoms with E-state index in [2.05, 4.69) is 31.2 Å². The van der Waals surface area contributed by atoms with Gasteiger partial charge in [-0.05, 0) is 45.0 Å². The van der Waals surface area contributed by atoms with Crippen LogP contribution in [0.5, 0.6) is 0 Å². The van der Waals surface area contributed by atoms with Crippen LogP contribution >= 0.6 is 0 Å². The maximum absolute atomic E-state index is 12.6. The fourth-order valence-corrected chi connectivity index (χ4v) is 2.35. The highest BCUT2D eigenvalue weighted by Gasteiger charge is 2.25. The van der Waals surface area contributed by atoms with Crippen molar-refractivity contribution in [1.82, 2.24) is 16.0 Å². The van der Waals surface area contributed by atoms with Crippen molar-refractivity contribution in [2.24, 2.45) is 10.9 Å². The van der Waals surface area contributed by atoms with E-state index in [0.29, 0.717) is 11.3 Å². The number of nitrogens with one attached hydrogen (secondary N) is 4. The maximum atomic E-state index is 12.6. The minimum atomic E-state index is -1.04. The highest BCUT2D eigenvalue weighted by molar-refractivity contribution is 5.98. The summed E-state index contributed by atoms with van der Waals surface area (Å²) < 4.78 is 4.68. The Labute approximate surface area is 179 Å². The summed E-state index contributed by atoms with van der Waals surface area (Å²) in [5, 5.41) is 13.2. The lowest BCUT2D eigenvalue weighted by molar-refractivity contribution is -0.131. The first-order valence-electron chi connectivity index (χ1n) is 9.57. The van der Waals surface area contributed by atoms with Crippen molar-refractivity contribution < 1.29 is 23.9 Å². The van der Waals surface area contributed by atoms with E-state index in [-0.39, 0.29) is 25.5 Å². The molecule has 6 N–H and O–H groups in total. The quantitative estimate of drug-likeness (QED) is 0.285. The number of benzene rings is 1. The number of nitrogens with two attached hydrogens (primary N) is 1. The molecule has 0 aliphatic carbocycles. The highest BCUT2D eigenvalue weighted by Crippen LogP contribution is 2.11. The minimum absolute atomic E-state index is 0.0109. The number of ether oxygens (including phenoxy) is 1. The molecule has 31 heavy (non-hydrogen) atoms. The molecule has 0 spiro atoms. The first-order chi connectivity index (χ1) is 14.7. The second-order valence-electron chi connectivity index (χ2n) is 6.74. The number of hydrogen-bond donors (Lipinski definition) is 5. The zero-order valence-corrected chi connectivity index (χ0v) is 17.6. The van der Waals surface area contributed by atoms with E-state index >= 15 is 0 Å². The number of carbonyl (C=O) groups is 4. The second-order valence-corrected chi connectivity index (χ2v) is 6.74. The molecule has 12 heteroatoms. The van der Waals surface area contributed by atoms with Crippen LogP contribution in [0.4, 0.5) is 10.5 Å². The summed E-state index contributed by atoms with van der Waals surface area (Å²) in [5.74, 6) is -1.51. The average molecular weight is 436 g/mol. The normalized spacial score (nSPS) is 13.3. The Morgan fingerprint density at radius 3 is 2.16 bits per heavy atom. The molecule has 1 aromatic carbocycles. The first kappa shape index (κ1) is 25.5. The summed E-state index contributed by atoms with van der Waals surface area (Å²) in [6, 6.07) is 3.98. The number of rotatable bonds is 12. The van der Waals surface area contributed by atoms with E-state index in [9.17, 15) is 24.1 Å². The summed E-state index contributed by atoms with van der Waals surface area (Å²) in [4.78, 5) is 58.1. The fraction of sp³-hybridized carbons (Fsp3) is 0.474. The third kappa shape index (κ3) is 9.21. The largest absolute Gasteiger partial charge is 0.445 e. The molecule has 0 fully saturated rings. The molecule has 0 heterocycles. The van der Waals surface area contributed by atoms with Gasteiger partial charge in [-0.2, -0.15) is 4.91 Å². The van der Waals surface area contributed by atoms with Crippen molar-refractivity contribution in [3.8, 4) is 0 Å². The Bertz CT molecular complexity index is 785. The third-order valence-electron chi connectivity index (χ3n) is 4.32. The van der Waals surface area contributed by atoms with Gasteiger partial charge in [0.15, 0.2) is 0 Å². The van der Waals surface area contributed by atoms with Crippen molar-refractivity contribution in [1.29, 1.82) is 0 Å². The topological polar surface area (TPSA) is 181 Å². The number of anilines is 1. The predicted octanol–water partition coefficient (Wildman–Crippen LogP) is -0.0257. The molecule has 0 aliphatic rings. The zero-order valence-electron chi connectivity index (χ0n) is 17.6. The average Bonchev–Trinajstić information content (AvgIpc) is 2.74. The smallest absolute Gasteiger partial charge is 0.404 e. The van der Waals surface area contributed by atoms with Crippen LogP contribution in [-0.2, 0) is 25.7 Å². The summed E-state index contributed by atoms with van der Waals surface area (Å²) >= 11 is 0. The SMILES string of the molecule is CNC(C)C(=O)N[C@@H](C)C(=O)NC(CCN=O)C(=O)Nc1ccc(COC(N)=O)cc1. The van der Waals surface area contributed by atoms with E-state index in [1.54, 1.807) is 38.2 Å². The van der Waals surface area contributed by atoms with Gasteiger partial charge in [0.1, 0.15) is 18.7 Å². The van der Waals surface area contributed by atoms with Gasteiger partial charge in [0.05, 0.1) is 12.6 Å². The lowest BCUT2D eigenvalue weighted by Gasteiger charge is -2.21. The number of nitrogens with zero attached hydrogens (tertiary/aromatic N) is 1. The number of amides is 4. The maximum Gasteiger partial charge on any atom is 0.404 e. The Kier molecular flexibility index (Phi) is 10.6. The van der Waals surface area contributed by atoms with E-state index in [4.69, 9.17) is 5.73 Å². The monoisotopic (exact) mass is 436 g/mol. The van der Waals surface area contributed by atoms with Gasteiger partial charge in [-0.15, -0.1) is 0 Å². The molecular weight excluding hydrogens is 408 g/mol. The zero-order chi connectivity index (χ0) is 23.4. The van der Waals surface area contributed by atoms with Crippen LogP contribution in [0.1, 0.15) is 25.8 Å². The summed E-state index contributed by atoms with van der Waals surface area (Å²) in [7, 11) is 1.61. The molecule has 0 radical (unpaired) electrons. The minimum Gasteiger partial charge on any atom is -0.445 e. The second kappa shape index (κ2) is 12.9. The fourth-order valence-electron chi connectivity index (χ4n) is 2.35. The van der Waals surface area contributed by atoms with E-state index in [1.165, 1.54) is 6.92 Å². The van der Waals surface area contributed by atoms with Crippen molar-refractivity contribution in [2.75, 3.05) is 18.9 Å². The molecule has 0 aromatic heterocycles. The number of primary amides is 1. The Morgan fingerprint density at radius 1 is 1.00 bits per heavy atom. The van der Waals surface area contributed by atoms with Crippen LogP contribution in [0.2, 0.25) is 0 Å². The van der Waals surface area contributed by atoms with Crippen LogP contribution in [-0.4, -0.2) is 55.5 Å². The Morgan fingerprint density at radius 2 is 1.61 bits per heavy atom. The van der Waals surface area contributed by atoms with Gasteiger partial charge < -0.3 is 31.7 Å².